The van der Waals surface area contributed by atoms with Crippen molar-refractivity contribution in [2.45, 2.75) is 76.8 Å². The monoisotopic (exact) mass is 609 g/mol. The average molecular weight is 610 g/mol. The van der Waals surface area contributed by atoms with Gasteiger partial charge in [-0.25, -0.2) is 4.79 Å². The Morgan fingerprint density at radius 2 is 1.36 bits per heavy atom. The van der Waals surface area contributed by atoms with Gasteiger partial charge >= 0.3 is 6.16 Å². The van der Waals surface area contributed by atoms with Crippen molar-refractivity contribution >= 4 is 29.8 Å². The van der Waals surface area contributed by atoms with Gasteiger partial charge in [-0.15, -0.1) is 0 Å². The maximum atomic E-state index is 13.3. The quantitative estimate of drug-likeness (QED) is 0.208. The maximum absolute atomic E-state index is 13.3. The molecule has 4 rings (SSSR count). The number of amides is 4. The maximum Gasteiger partial charge on any atom is 0.533 e. The van der Waals surface area contributed by atoms with Gasteiger partial charge in [-0.1, -0.05) is 31.0 Å². The van der Waals surface area contributed by atoms with Gasteiger partial charge in [-0.2, -0.15) is 0 Å². The third kappa shape index (κ3) is 6.76. The number of ether oxygens (including phenoxy) is 1. The van der Waals surface area contributed by atoms with Gasteiger partial charge in [-0.3, -0.25) is 24.0 Å². The fourth-order valence-electron chi connectivity index (χ4n) is 5.24. The summed E-state index contributed by atoms with van der Waals surface area (Å²) in [5.74, 6) is -2.64. The molecule has 1 heterocycles. The van der Waals surface area contributed by atoms with Gasteiger partial charge in [0.2, 0.25) is 0 Å². The van der Waals surface area contributed by atoms with E-state index in [2.05, 4.69) is 10.6 Å². The molecule has 1 fully saturated rings. The minimum absolute atomic E-state index is 0.0616. The summed E-state index contributed by atoms with van der Waals surface area (Å²) >= 11 is 0. The van der Waals surface area contributed by atoms with Crippen molar-refractivity contribution in [3.8, 4) is 11.1 Å². The number of nitrogens with zero attached hydrogens (tertiary/aromatic N) is 1. The number of carbonyl (C=O) groups is 5. The molecule has 4 amide bonds. The molecule has 3 unspecified atom stereocenters. The van der Waals surface area contributed by atoms with Crippen molar-refractivity contribution in [2.24, 2.45) is 0 Å². The van der Waals surface area contributed by atoms with Crippen LogP contribution in [0.25, 0.3) is 11.1 Å². The molecule has 44 heavy (non-hydrogen) atoms. The highest BCUT2D eigenvalue weighted by atomic mass is 16.8. The molecule has 3 atom stereocenters. The lowest BCUT2D eigenvalue weighted by atomic mass is 9.93. The van der Waals surface area contributed by atoms with Gasteiger partial charge in [-0.05, 0) is 79.6 Å². The van der Waals surface area contributed by atoms with E-state index in [1.54, 1.807) is 43.3 Å². The minimum atomic E-state index is -1.24. The molecule has 236 valence electrons. The predicted octanol–water partition coefficient (Wildman–Crippen LogP) is 3.19. The van der Waals surface area contributed by atoms with E-state index in [1.165, 1.54) is 0 Å². The van der Waals surface area contributed by atoms with E-state index in [-0.39, 0.29) is 38.6 Å². The van der Waals surface area contributed by atoms with Crippen LogP contribution >= 0.6 is 0 Å². The van der Waals surface area contributed by atoms with Crippen LogP contribution in [0.5, 0.6) is 0 Å². The Bertz CT molecular complexity index is 1450. The number of aliphatic hydroxyl groups excluding tert-OH is 2. The SMILES string of the molecule is CCC(C)(CO)NC(=O)c1ccc2c(c1)C(COC(=O)ON1C(=O)CCC1=O)c1cc(C(=O)NC(C)(CC)CCO)ccc1-2. The van der Waals surface area contributed by atoms with Crippen LogP contribution in [0.3, 0.4) is 0 Å². The molecule has 2 aliphatic rings. The Kier molecular flexibility index (Phi) is 9.75. The second-order valence-corrected chi connectivity index (χ2v) is 11.8. The summed E-state index contributed by atoms with van der Waals surface area (Å²) in [4.78, 5) is 67.6. The number of nitrogens with one attached hydrogen (secondary N) is 2. The summed E-state index contributed by atoms with van der Waals surface area (Å²) in [6.45, 7) is 6.77. The lowest BCUT2D eigenvalue weighted by molar-refractivity contribution is -0.177. The summed E-state index contributed by atoms with van der Waals surface area (Å²) in [5, 5.41) is 25.5. The van der Waals surface area contributed by atoms with Gasteiger partial charge in [0, 0.05) is 42.0 Å². The van der Waals surface area contributed by atoms with Crippen LogP contribution in [-0.4, -0.2) is 76.0 Å². The molecule has 0 radical (unpaired) electrons. The highest BCUT2D eigenvalue weighted by molar-refractivity contribution is 6.01. The number of hydrogen-bond acceptors (Lipinski definition) is 9. The molecule has 0 spiro atoms. The normalized spacial score (nSPS) is 18.1. The summed E-state index contributed by atoms with van der Waals surface area (Å²) in [5.41, 5.74) is 2.12. The van der Waals surface area contributed by atoms with E-state index in [0.29, 0.717) is 46.6 Å². The molecule has 2 aromatic carbocycles. The number of benzene rings is 2. The molecule has 4 N–H and O–H groups in total. The predicted molar refractivity (Wildman–Crippen MR) is 158 cm³/mol. The molecular weight excluding hydrogens is 570 g/mol. The molecule has 2 aromatic rings. The van der Waals surface area contributed by atoms with Crippen molar-refractivity contribution in [1.29, 1.82) is 0 Å². The van der Waals surface area contributed by atoms with E-state index in [0.717, 1.165) is 11.1 Å². The first-order valence-corrected chi connectivity index (χ1v) is 14.7. The zero-order valence-electron chi connectivity index (χ0n) is 25.4. The topological polar surface area (TPSA) is 172 Å². The number of carbonyl (C=O) groups excluding carboxylic acids is 5. The molecular formula is C32H39N3O9. The zero-order valence-corrected chi connectivity index (χ0v) is 25.4. The third-order valence-electron chi connectivity index (χ3n) is 8.61. The first kappa shape index (κ1) is 32.6. The van der Waals surface area contributed by atoms with Crippen molar-refractivity contribution in [3.05, 3.63) is 58.7 Å². The number of fused-ring (bicyclic) bond motifs is 3. The summed E-state index contributed by atoms with van der Waals surface area (Å²) in [6, 6.07) is 10.3. The Hall–Kier alpha value is -4.29. The van der Waals surface area contributed by atoms with Crippen molar-refractivity contribution < 1.29 is 43.8 Å². The van der Waals surface area contributed by atoms with Gasteiger partial charge < -0.3 is 25.6 Å². The van der Waals surface area contributed by atoms with E-state index < -0.39 is 40.9 Å². The Morgan fingerprint density at radius 1 is 0.864 bits per heavy atom. The third-order valence-corrected chi connectivity index (χ3v) is 8.61. The van der Waals surface area contributed by atoms with E-state index in [1.807, 2.05) is 20.8 Å². The number of hydrogen-bond donors (Lipinski definition) is 4. The Morgan fingerprint density at radius 3 is 1.82 bits per heavy atom. The molecule has 1 aliphatic heterocycles. The second kappa shape index (κ2) is 13.1. The van der Waals surface area contributed by atoms with Gasteiger partial charge in [0.15, 0.2) is 0 Å². The van der Waals surface area contributed by atoms with Gasteiger partial charge in [0.1, 0.15) is 6.61 Å². The summed E-state index contributed by atoms with van der Waals surface area (Å²) in [7, 11) is 0. The number of aliphatic hydroxyl groups is 2. The Labute approximate surface area is 255 Å². The molecule has 0 saturated carbocycles. The van der Waals surface area contributed by atoms with Crippen LogP contribution in [0.4, 0.5) is 4.79 Å². The highest BCUT2D eigenvalue weighted by Gasteiger charge is 2.36. The first-order chi connectivity index (χ1) is 20.9. The van der Waals surface area contributed by atoms with Crippen LogP contribution in [0.1, 0.15) is 97.6 Å². The highest BCUT2D eigenvalue weighted by Crippen LogP contribution is 2.46. The lowest BCUT2D eigenvalue weighted by Gasteiger charge is -2.29. The fourth-order valence-corrected chi connectivity index (χ4v) is 5.24. The average Bonchev–Trinajstić information content (AvgIpc) is 3.50. The largest absolute Gasteiger partial charge is 0.533 e. The van der Waals surface area contributed by atoms with Crippen LogP contribution in [-0.2, 0) is 19.2 Å². The molecule has 12 heteroatoms. The zero-order chi connectivity index (χ0) is 32.2. The van der Waals surface area contributed by atoms with Crippen LogP contribution in [0, 0.1) is 0 Å². The smallest absolute Gasteiger partial charge is 0.432 e. The lowest BCUT2D eigenvalue weighted by Crippen LogP contribution is -2.48. The van der Waals surface area contributed by atoms with E-state index in [9.17, 15) is 34.2 Å². The molecule has 0 aromatic heterocycles. The van der Waals surface area contributed by atoms with E-state index >= 15 is 0 Å². The molecule has 1 saturated heterocycles. The number of rotatable bonds is 12. The number of hydroxylamine groups is 2. The fraction of sp³-hybridized carbons (Fsp3) is 0.469. The van der Waals surface area contributed by atoms with Gasteiger partial charge in [0.05, 0.1) is 12.1 Å². The van der Waals surface area contributed by atoms with Crippen LogP contribution in [0.2, 0.25) is 0 Å². The van der Waals surface area contributed by atoms with E-state index in [4.69, 9.17) is 9.57 Å². The van der Waals surface area contributed by atoms with Crippen LogP contribution in [0.15, 0.2) is 36.4 Å². The van der Waals surface area contributed by atoms with Crippen LogP contribution < -0.4 is 10.6 Å². The van der Waals surface area contributed by atoms with Crippen molar-refractivity contribution in [3.63, 3.8) is 0 Å². The second-order valence-electron chi connectivity index (χ2n) is 11.8. The first-order valence-electron chi connectivity index (χ1n) is 14.7. The standard InChI is InChI=1S/C32H39N3O9/c1-5-31(3,13-14-36)33-28(40)19-7-9-21-22-10-8-20(29(41)34-32(4,6-2)18-37)16-24(22)25(23(21)15-19)17-43-30(42)44-35-26(38)11-12-27(35)39/h7-10,15-16,25,36-37H,5-6,11-14,17-18H2,1-4H3,(H,33,40)(H,34,41). The molecule has 1 aliphatic carbocycles. The Balaban J connectivity index is 1.65. The number of imide groups is 1. The molecule has 0 bridgehead atoms. The summed E-state index contributed by atoms with van der Waals surface area (Å²) < 4.78 is 5.38. The summed E-state index contributed by atoms with van der Waals surface area (Å²) in [6.07, 6.45) is 0.128. The van der Waals surface area contributed by atoms with Crippen molar-refractivity contribution in [2.75, 3.05) is 19.8 Å². The minimum Gasteiger partial charge on any atom is -0.432 e. The van der Waals surface area contributed by atoms with Gasteiger partial charge in [0.25, 0.3) is 23.6 Å². The molecule has 12 nitrogen and oxygen atoms in total. The van der Waals surface area contributed by atoms with Crippen molar-refractivity contribution in [1.82, 2.24) is 15.7 Å².